The average Bonchev–Trinajstić information content (AvgIpc) is 3.01. The molecule has 6 heteroatoms. The second-order valence-corrected chi connectivity index (χ2v) is 4.62. The van der Waals surface area contributed by atoms with Crippen LogP contribution in [-0.2, 0) is 11.8 Å². The molecule has 1 aromatic rings. The molecule has 0 unspecified atom stereocenters. The quantitative estimate of drug-likeness (QED) is 0.463. The standard InChI is InChI=1S/C13H21N5O/c1-3-6-15-13(14)16-9-10-5-8-19-12(10)11-4-7-17-18(11)2/h3-4,7,10,12H,1,5-6,8-9H2,2H3,(H3,14,15,16)/t10-,12+/m0/s1. The zero-order valence-electron chi connectivity index (χ0n) is 11.2. The van der Waals surface area contributed by atoms with Crippen molar-refractivity contribution in [3.05, 3.63) is 30.6 Å². The lowest BCUT2D eigenvalue weighted by atomic mass is 9.99. The minimum absolute atomic E-state index is 0.0588. The molecular weight excluding hydrogens is 242 g/mol. The summed E-state index contributed by atoms with van der Waals surface area (Å²) in [6.07, 6.45) is 4.59. The van der Waals surface area contributed by atoms with E-state index in [1.165, 1.54) is 0 Å². The number of hydrogen-bond donors (Lipinski definition) is 2. The number of aliphatic imine (C=N–C) groups is 1. The smallest absolute Gasteiger partial charge is 0.188 e. The number of nitrogens with one attached hydrogen (secondary N) is 1. The number of aromatic nitrogens is 2. The first kappa shape index (κ1) is 13.6. The third-order valence-corrected chi connectivity index (χ3v) is 3.29. The van der Waals surface area contributed by atoms with E-state index in [0.717, 1.165) is 18.7 Å². The van der Waals surface area contributed by atoms with E-state index >= 15 is 0 Å². The summed E-state index contributed by atoms with van der Waals surface area (Å²) < 4.78 is 7.65. The molecule has 1 fully saturated rings. The van der Waals surface area contributed by atoms with Gasteiger partial charge in [0.15, 0.2) is 5.96 Å². The zero-order valence-corrected chi connectivity index (χ0v) is 11.2. The van der Waals surface area contributed by atoms with Crippen molar-refractivity contribution in [2.75, 3.05) is 19.7 Å². The largest absolute Gasteiger partial charge is 0.372 e. The molecule has 1 aliphatic rings. The first-order chi connectivity index (χ1) is 9.22. The summed E-state index contributed by atoms with van der Waals surface area (Å²) in [5.74, 6) is 0.801. The van der Waals surface area contributed by atoms with E-state index in [-0.39, 0.29) is 6.10 Å². The van der Waals surface area contributed by atoms with Crippen molar-refractivity contribution in [3.63, 3.8) is 0 Å². The number of nitrogens with zero attached hydrogens (tertiary/aromatic N) is 3. The van der Waals surface area contributed by atoms with Crippen LogP contribution in [0.15, 0.2) is 29.9 Å². The minimum Gasteiger partial charge on any atom is -0.372 e. The van der Waals surface area contributed by atoms with E-state index in [9.17, 15) is 0 Å². The Labute approximate surface area is 113 Å². The number of hydrogen-bond acceptors (Lipinski definition) is 3. The molecule has 1 aliphatic heterocycles. The van der Waals surface area contributed by atoms with E-state index in [0.29, 0.717) is 25.0 Å². The fourth-order valence-corrected chi connectivity index (χ4v) is 2.26. The van der Waals surface area contributed by atoms with Gasteiger partial charge in [0.1, 0.15) is 6.10 Å². The van der Waals surface area contributed by atoms with Gasteiger partial charge in [-0.2, -0.15) is 5.10 Å². The summed E-state index contributed by atoms with van der Waals surface area (Å²) in [6, 6.07) is 1.99. The first-order valence-electron chi connectivity index (χ1n) is 6.46. The summed E-state index contributed by atoms with van der Waals surface area (Å²) in [4.78, 5) is 4.36. The summed E-state index contributed by atoms with van der Waals surface area (Å²) in [5.41, 5.74) is 6.86. The highest BCUT2D eigenvalue weighted by Gasteiger charge is 2.31. The van der Waals surface area contributed by atoms with Crippen LogP contribution in [-0.4, -0.2) is 35.4 Å². The van der Waals surface area contributed by atoms with Crippen molar-refractivity contribution < 1.29 is 4.74 Å². The van der Waals surface area contributed by atoms with Crippen LogP contribution in [0, 0.1) is 5.92 Å². The predicted octanol–water partition coefficient (Wildman–Crippen LogP) is 0.588. The molecule has 0 aliphatic carbocycles. The average molecular weight is 263 g/mol. The van der Waals surface area contributed by atoms with Gasteiger partial charge in [0.2, 0.25) is 0 Å². The summed E-state index contributed by atoms with van der Waals surface area (Å²) in [5, 5.41) is 7.15. The molecule has 3 N–H and O–H groups in total. The summed E-state index contributed by atoms with van der Waals surface area (Å²) >= 11 is 0. The number of rotatable bonds is 5. The molecule has 0 bridgehead atoms. The molecule has 0 aromatic carbocycles. The molecule has 0 spiro atoms. The van der Waals surface area contributed by atoms with Crippen LogP contribution in [0.2, 0.25) is 0 Å². The Morgan fingerprint density at radius 2 is 2.63 bits per heavy atom. The topological polar surface area (TPSA) is 77.5 Å². The Bertz CT molecular complexity index is 454. The molecule has 19 heavy (non-hydrogen) atoms. The Hall–Kier alpha value is -1.82. The van der Waals surface area contributed by atoms with Crippen molar-refractivity contribution in [1.29, 1.82) is 0 Å². The van der Waals surface area contributed by atoms with E-state index < -0.39 is 0 Å². The highest BCUT2D eigenvalue weighted by molar-refractivity contribution is 5.77. The molecule has 0 saturated carbocycles. The van der Waals surface area contributed by atoms with Gasteiger partial charge in [-0.15, -0.1) is 6.58 Å². The monoisotopic (exact) mass is 263 g/mol. The molecule has 1 saturated heterocycles. The van der Waals surface area contributed by atoms with E-state index in [1.54, 1.807) is 12.3 Å². The Morgan fingerprint density at radius 1 is 1.79 bits per heavy atom. The van der Waals surface area contributed by atoms with Gasteiger partial charge < -0.3 is 15.8 Å². The zero-order chi connectivity index (χ0) is 13.7. The lowest BCUT2D eigenvalue weighted by molar-refractivity contribution is 0.0859. The van der Waals surface area contributed by atoms with Crippen molar-refractivity contribution in [3.8, 4) is 0 Å². The third kappa shape index (κ3) is 3.35. The first-order valence-corrected chi connectivity index (χ1v) is 6.46. The van der Waals surface area contributed by atoms with Crippen molar-refractivity contribution >= 4 is 5.96 Å². The van der Waals surface area contributed by atoms with E-state index in [1.807, 2.05) is 17.8 Å². The summed E-state index contributed by atoms with van der Waals surface area (Å²) in [7, 11) is 1.93. The Balaban J connectivity index is 1.96. The van der Waals surface area contributed by atoms with Gasteiger partial charge in [-0.1, -0.05) is 6.08 Å². The van der Waals surface area contributed by atoms with Gasteiger partial charge in [0.25, 0.3) is 0 Å². The summed E-state index contributed by atoms with van der Waals surface area (Å²) in [6.45, 7) is 5.67. The fourth-order valence-electron chi connectivity index (χ4n) is 2.26. The van der Waals surface area contributed by atoms with Gasteiger partial charge in [0.05, 0.1) is 5.69 Å². The maximum absolute atomic E-state index is 5.80. The van der Waals surface area contributed by atoms with Crippen molar-refractivity contribution in [2.24, 2.45) is 23.7 Å². The van der Waals surface area contributed by atoms with Crippen LogP contribution in [0.3, 0.4) is 0 Å². The molecule has 0 radical (unpaired) electrons. The lowest BCUT2D eigenvalue weighted by Gasteiger charge is -2.17. The Morgan fingerprint density at radius 3 is 3.32 bits per heavy atom. The molecular formula is C13H21N5O. The van der Waals surface area contributed by atoms with Crippen LogP contribution in [0.5, 0.6) is 0 Å². The van der Waals surface area contributed by atoms with E-state index in [4.69, 9.17) is 10.5 Å². The second kappa shape index (κ2) is 6.38. The van der Waals surface area contributed by atoms with Gasteiger partial charge in [0, 0.05) is 38.9 Å². The number of nitrogens with two attached hydrogens (primary N) is 1. The highest BCUT2D eigenvalue weighted by atomic mass is 16.5. The van der Waals surface area contributed by atoms with Gasteiger partial charge in [-0.3, -0.25) is 9.67 Å². The molecule has 2 rings (SSSR count). The molecule has 2 heterocycles. The van der Waals surface area contributed by atoms with Gasteiger partial charge in [-0.05, 0) is 12.5 Å². The Kier molecular flexibility index (Phi) is 4.57. The van der Waals surface area contributed by atoms with Crippen molar-refractivity contribution in [2.45, 2.75) is 12.5 Å². The van der Waals surface area contributed by atoms with Gasteiger partial charge >= 0.3 is 0 Å². The van der Waals surface area contributed by atoms with Crippen LogP contribution in [0.25, 0.3) is 0 Å². The second-order valence-electron chi connectivity index (χ2n) is 4.62. The normalized spacial score (nSPS) is 23.5. The number of aryl methyl sites for hydroxylation is 1. The predicted molar refractivity (Wildman–Crippen MR) is 74.7 cm³/mol. The fraction of sp³-hybridized carbons (Fsp3) is 0.538. The molecule has 104 valence electrons. The van der Waals surface area contributed by atoms with Crippen LogP contribution < -0.4 is 11.1 Å². The SMILES string of the molecule is C=CCNC(N)=NC[C@@H]1CCO[C@H]1c1ccnn1C. The highest BCUT2D eigenvalue weighted by Crippen LogP contribution is 2.34. The van der Waals surface area contributed by atoms with Crippen molar-refractivity contribution in [1.82, 2.24) is 15.1 Å². The van der Waals surface area contributed by atoms with Crippen LogP contribution >= 0.6 is 0 Å². The number of ether oxygens (including phenoxy) is 1. The van der Waals surface area contributed by atoms with E-state index in [2.05, 4.69) is 22.0 Å². The molecule has 0 amide bonds. The molecule has 2 atom stereocenters. The minimum atomic E-state index is 0.0588. The molecule has 6 nitrogen and oxygen atoms in total. The van der Waals surface area contributed by atoms with Crippen LogP contribution in [0.1, 0.15) is 18.2 Å². The maximum Gasteiger partial charge on any atom is 0.188 e. The maximum atomic E-state index is 5.80. The molecule has 1 aromatic heterocycles. The van der Waals surface area contributed by atoms with Crippen LogP contribution in [0.4, 0.5) is 0 Å². The van der Waals surface area contributed by atoms with Gasteiger partial charge in [-0.25, -0.2) is 0 Å². The third-order valence-electron chi connectivity index (χ3n) is 3.29. The lowest BCUT2D eigenvalue weighted by Crippen LogP contribution is -2.32. The number of guanidine groups is 1.